The second-order valence-electron chi connectivity index (χ2n) is 6.04. The highest BCUT2D eigenvalue weighted by Gasteiger charge is 2.18. The van der Waals surface area contributed by atoms with Crippen LogP contribution in [0.25, 0.3) is 0 Å². The van der Waals surface area contributed by atoms with Crippen molar-refractivity contribution in [1.29, 1.82) is 5.26 Å². The van der Waals surface area contributed by atoms with Gasteiger partial charge < -0.3 is 5.32 Å². The predicted molar refractivity (Wildman–Crippen MR) is 84.7 cm³/mol. The minimum absolute atomic E-state index is 0.502. The highest BCUT2D eigenvalue weighted by atomic mass is 14.9. The number of hydrogen-bond acceptors (Lipinski definition) is 2. The van der Waals surface area contributed by atoms with E-state index in [-0.39, 0.29) is 0 Å². The summed E-state index contributed by atoms with van der Waals surface area (Å²) in [6, 6.07) is 11.2. The average Bonchev–Trinajstić information content (AvgIpc) is 2.68. The summed E-state index contributed by atoms with van der Waals surface area (Å²) in [7, 11) is 0. The average molecular weight is 270 g/mol. The van der Waals surface area contributed by atoms with Crippen LogP contribution >= 0.6 is 0 Å². The topological polar surface area (TPSA) is 35.8 Å². The van der Waals surface area contributed by atoms with E-state index in [2.05, 4.69) is 42.6 Å². The van der Waals surface area contributed by atoms with E-state index >= 15 is 0 Å². The zero-order valence-electron chi connectivity index (χ0n) is 12.6. The molecule has 2 unspecified atom stereocenters. The Morgan fingerprint density at radius 2 is 1.95 bits per heavy atom. The summed E-state index contributed by atoms with van der Waals surface area (Å²) in [5.74, 6) is 0.949. The highest BCUT2D eigenvalue weighted by Crippen LogP contribution is 2.28. The van der Waals surface area contributed by atoms with Gasteiger partial charge in [-0.25, -0.2) is 0 Å². The lowest BCUT2D eigenvalue weighted by Crippen LogP contribution is -2.18. The van der Waals surface area contributed by atoms with Crippen LogP contribution in [-0.4, -0.2) is 6.04 Å². The molecular formula is C18H26N2. The van der Waals surface area contributed by atoms with Crippen LogP contribution in [0.15, 0.2) is 24.3 Å². The van der Waals surface area contributed by atoms with Crippen LogP contribution in [0.3, 0.4) is 0 Å². The molecule has 0 aromatic heterocycles. The summed E-state index contributed by atoms with van der Waals surface area (Å²) in [4.78, 5) is 0. The van der Waals surface area contributed by atoms with Gasteiger partial charge in [0.15, 0.2) is 0 Å². The lowest BCUT2D eigenvalue weighted by Gasteiger charge is -2.18. The molecule has 1 aromatic carbocycles. The molecule has 1 saturated carbocycles. The summed E-state index contributed by atoms with van der Waals surface area (Å²) in [6.45, 7) is 2.30. The monoisotopic (exact) mass is 270 g/mol. The van der Waals surface area contributed by atoms with Crippen LogP contribution in [-0.2, 0) is 6.42 Å². The number of anilines is 1. The van der Waals surface area contributed by atoms with E-state index in [9.17, 15) is 0 Å². The van der Waals surface area contributed by atoms with Crippen LogP contribution in [0.1, 0.15) is 57.4 Å². The van der Waals surface area contributed by atoms with Gasteiger partial charge in [-0.15, -0.1) is 0 Å². The molecular weight excluding hydrogens is 244 g/mol. The Labute approximate surface area is 123 Å². The Morgan fingerprint density at radius 3 is 2.65 bits per heavy atom. The molecule has 0 bridgehead atoms. The van der Waals surface area contributed by atoms with Crippen molar-refractivity contribution in [2.24, 2.45) is 5.92 Å². The summed E-state index contributed by atoms with van der Waals surface area (Å²) in [6.07, 6.45) is 9.95. The van der Waals surface area contributed by atoms with Gasteiger partial charge in [0.25, 0.3) is 0 Å². The number of nitrogens with zero attached hydrogens (tertiary/aromatic N) is 1. The first-order valence-electron chi connectivity index (χ1n) is 8.04. The molecule has 2 atom stereocenters. The number of rotatable bonds is 5. The largest absolute Gasteiger partial charge is 0.382 e. The first-order chi connectivity index (χ1) is 9.81. The Bertz CT molecular complexity index is 430. The molecule has 0 heterocycles. The van der Waals surface area contributed by atoms with Crippen LogP contribution in [0.5, 0.6) is 0 Å². The van der Waals surface area contributed by atoms with Gasteiger partial charge in [0, 0.05) is 11.7 Å². The van der Waals surface area contributed by atoms with E-state index in [1.54, 1.807) is 0 Å². The van der Waals surface area contributed by atoms with Gasteiger partial charge in [-0.05, 0) is 42.9 Å². The van der Waals surface area contributed by atoms with Crippen molar-refractivity contribution in [3.05, 3.63) is 29.8 Å². The maximum absolute atomic E-state index is 8.68. The summed E-state index contributed by atoms with van der Waals surface area (Å²) < 4.78 is 0. The Hall–Kier alpha value is -1.49. The lowest BCUT2D eigenvalue weighted by atomic mass is 9.95. The van der Waals surface area contributed by atoms with E-state index in [1.807, 2.05) is 0 Å². The zero-order valence-corrected chi connectivity index (χ0v) is 12.6. The third kappa shape index (κ3) is 4.56. The Morgan fingerprint density at radius 1 is 1.15 bits per heavy atom. The van der Waals surface area contributed by atoms with Crippen molar-refractivity contribution in [3.8, 4) is 6.07 Å². The second kappa shape index (κ2) is 7.94. The molecule has 0 spiro atoms. The van der Waals surface area contributed by atoms with Crippen LogP contribution in [0.2, 0.25) is 0 Å². The number of hydrogen-bond donors (Lipinski definition) is 1. The summed E-state index contributed by atoms with van der Waals surface area (Å²) >= 11 is 0. The molecule has 2 heteroatoms. The molecule has 108 valence electrons. The van der Waals surface area contributed by atoms with Crippen molar-refractivity contribution in [1.82, 2.24) is 0 Å². The fraction of sp³-hybridized carbons (Fsp3) is 0.611. The molecule has 2 nitrogen and oxygen atoms in total. The first-order valence-corrected chi connectivity index (χ1v) is 8.04. The quantitative estimate of drug-likeness (QED) is 0.771. The van der Waals surface area contributed by atoms with Crippen LogP contribution in [0.4, 0.5) is 5.69 Å². The minimum atomic E-state index is 0.502. The van der Waals surface area contributed by atoms with Gasteiger partial charge in [0.1, 0.15) is 0 Å². The van der Waals surface area contributed by atoms with E-state index in [0.29, 0.717) is 12.5 Å². The molecule has 1 aliphatic carbocycles. The van der Waals surface area contributed by atoms with Crippen molar-refractivity contribution >= 4 is 5.69 Å². The molecule has 1 aromatic rings. The molecule has 20 heavy (non-hydrogen) atoms. The zero-order chi connectivity index (χ0) is 14.2. The molecule has 2 rings (SSSR count). The van der Waals surface area contributed by atoms with Gasteiger partial charge >= 0.3 is 0 Å². The van der Waals surface area contributed by atoms with Crippen molar-refractivity contribution in [2.75, 3.05) is 5.32 Å². The van der Waals surface area contributed by atoms with Gasteiger partial charge in [-0.3, -0.25) is 0 Å². The smallest absolute Gasteiger partial charge is 0.0669 e. The van der Waals surface area contributed by atoms with Crippen molar-refractivity contribution in [2.45, 2.75) is 64.3 Å². The van der Waals surface area contributed by atoms with Gasteiger partial charge in [-0.1, -0.05) is 44.7 Å². The van der Waals surface area contributed by atoms with E-state index in [0.717, 1.165) is 11.5 Å². The minimum Gasteiger partial charge on any atom is -0.382 e. The fourth-order valence-corrected chi connectivity index (χ4v) is 3.27. The first kappa shape index (κ1) is 14.9. The van der Waals surface area contributed by atoms with Crippen molar-refractivity contribution < 1.29 is 0 Å². The highest BCUT2D eigenvalue weighted by molar-refractivity contribution is 5.45. The van der Waals surface area contributed by atoms with Crippen LogP contribution < -0.4 is 5.32 Å². The SMILES string of the molecule is CCCC1CCCC(Nc2ccc(CC#N)cc2)CC1. The normalized spacial score (nSPS) is 22.8. The van der Waals surface area contributed by atoms with Crippen molar-refractivity contribution in [3.63, 3.8) is 0 Å². The maximum Gasteiger partial charge on any atom is 0.0669 e. The number of nitriles is 1. The summed E-state index contributed by atoms with van der Waals surface area (Å²) in [5.41, 5.74) is 2.30. The lowest BCUT2D eigenvalue weighted by molar-refractivity contribution is 0.422. The molecule has 1 N–H and O–H groups in total. The second-order valence-corrected chi connectivity index (χ2v) is 6.04. The maximum atomic E-state index is 8.68. The molecule has 0 radical (unpaired) electrons. The standard InChI is InChI=1S/C18H26N2/c1-2-4-15-5-3-6-17(10-7-15)20-18-11-8-16(9-12-18)13-14-19/h8-9,11-12,15,17,20H,2-7,10,13H2,1H3. The predicted octanol–water partition coefficient (Wildman–Crippen LogP) is 4.91. The molecule has 1 fully saturated rings. The molecule has 0 aliphatic heterocycles. The van der Waals surface area contributed by atoms with E-state index in [4.69, 9.17) is 5.26 Å². The van der Waals surface area contributed by atoms with E-state index < -0.39 is 0 Å². The third-order valence-corrected chi connectivity index (χ3v) is 4.39. The Kier molecular flexibility index (Phi) is 5.92. The molecule has 1 aliphatic rings. The van der Waals surface area contributed by atoms with Gasteiger partial charge in [-0.2, -0.15) is 5.26 Å². The molecule has 0 saturated heterocycles. The number of benzene rings is 1. The third-order valence-electron chi connectivity index (χ3n) is 4.39. The summed E-state index contributed by atoms with van der Waals surface area (Å²) in [5, 5.41) is 12.4. The Balaban J connectivity index is 1.85. The van der Waals surface area contributed by atoms with E-state index in [1.165, 1.54) is 50.6 Å². The van der Waals surface area contributed by atoms with Gasteiger partial charge in [0.2, 0.25) is 0 Å². The van der Waals surface area contributed by atoms with Gasteiger partial charge in [0.05, 0.1) is 12.5 Å². The van der Waals surface area contributed by atoms with Crippen LogP contribution in [0, 0.1) is 17.2 Å². The molecule has 0 amide bonds. The number of nitrogens with one attached hydrogen (secondary N) is 1. The fourth-order valence-electron chi connectivity index (χ4n) is 3.27.